The summed E-state index contributed by atoms with van der Waals surface area (Å²) in [5.74, 6) is -1.23. The van der Waals surface area contributed by atoms with Crippen molar-refractivity contribution in [3.05, 3.63) is 41.4 Å². The molecule has 3 rings (SSSR count). The zero-order valence-corrected chi connectivity index (χ0v) is 16.4. The SMILES string of the molecule is CC(O)CN1C(=O)/C(=C/n2cnc(-c3cc(C(F)(F)F)cc(C(F)(F)F)c3)n2)N(C)C1=O. The Bertz CT molecular complexity index is 1060. The first kappa shape index (κ1) is 23.2. The summed E-state index contributed by atoms with van der Waals surface area (Å²) >= 11 is 0. The Balaban J connectivity index is 1.99. The Morgan fingerprint density at radius 1 is 1.06 bits per heavy atom. The van der Waals surface area contributed by atoms with Crippen molar-refractivity contribution in [3.8, 4) is 11.4 Å². The van der Waals surface area contributed by atoms with Gasteiger partial charge in [0.25, 0.3) is 5.91 Å². The van der Waals surface area contributed by atoms with E-state index in [9.17, 15) is 41.0 Å². The van der Waals surface area contributed by atoms with Crippen LogP contribution in [-0.4, -0.2) is 61.3 Å². The van der Waals surface area contributed by atoms with E-state index in [2.05, 4.69) is 10.1 Å². The predicted molar refractivity (Wildman–Crippen MR) is 96.3 cm³/mol. The summed E-state index contributed by atoms with van der Waals surface area (Å²) in [7, 11) is 1.27. The summed E-state index contributed by atoms with van der Waals surface area (Å²) < 4.78 is 79.2. The molecule has 0 saturated carbocycles. The molecule has 32 heavy (non-hydrogen) atoms. The second kappa shape index (κ2) is 7.93. The van der Waals surface area contributed by atoms with Crippen LogP contribution < -0.4 is 0 Å². The Hall–Kier alpha value is -3.42. The van der Waals surface area contributed by atoms with Crippen molar-refractivity contribution in [2.24, 2.45) is 0 Å². The standard InChI is InChI=1S/C18H15F6N5O3/c1-9(30)6-29-15(31)13(27(2)16(29)32)7-28-8-25-14(26-28)10-3-11(17(19,20)21)5-12(4-10)18(22,23)24/h3-5,7-9,30H,6H2,1-2H3/b13-7-. The van der Waals surface area contributed by atoms with Crippen molar-refractivity contribution in [1.82, 2.24) is 24.6 Å². The van der Waals surface area contributed by atoms with E-state index in [0.717, 1.165) is 27.0 Å². The number of hydrogen-bond acceptors (Lipinski definition) is 5. The monoisotopic (exact) mass is 463 g/mol. The minimum atomic E-state index is -5.03. The molecule has 0 aliphatic carbocycles. The van der Waals surface area contributed by atoms with Crippen LogP contribution in [0.5, 0.6) is 0 Å². The highest BCUT2D eigenvalue weighted by molar-refractivity contribution is 6.13. The number of benzene rings is 1. The number of hydrogen-bond donors (Lipinski definition) is 1. The second-order valence-corrected chi connectivity index (χ2v) is 6.96. The highest BCUT2D eigenvalue weighted by Gasteiger charge is 2.40. The number of β-amino-alcohol motifs (C(OH)–C–C–N with tert-alkyl or cyclic N) is 1. The van der Waals surface area contributed by atoms with E-state index in [1.807, 2.05) is 0 Å². The minimum absolute atomic E-state index is 0.0169. The highest BCUT2D eigenvalue weighted by Crippen LogP contribution is 2.38. The number of imide groups is 1. The number of alkyl halides is 6. The number of amides is 3. The largest absolute Gasteiger partial charge is 0.416 e. The summed E-state index contributed by atoms with van der Waals surface area (Å²) in [4.78, 5) is 30.0. The number of rotatable bonds is 4. The van der Waals surface area contributed by atoms with E-state index in [-0.39, 0.29) is 18.3 Å². The Kier molecular flexibility index (Phi) is 5.76. The molecule has 1 unspecified atom stereocenters. The van der Waals surface area contributed by atoms with Crippen LogP contribution in [0.2, 0.25) is 0 Å². The molecule has 1 aliphatic heterocycles. The van der Waals surface area contributed by atoms with Crippen LogP contribution in [-0.2, 0) is 17.1 Å². The topological polar surface area (TPSA) is 91.6 Å². The van der Waals surface area contributed by atoms with Gasteiger partial charge in [-0.25, -0.2) is 14.5 Å². The maximum Gasteiger partial charge on any atom is 0.416 e. The average Bonchev–Trinajstić information content (AvgIpc) is 3.22. The van der Waals surface area contributed by atoms with Crippen LogP contribution in [0.15, 0.2) is 30.2 Å². The number of carbonyl (C=O) groups is 2. The molecular weight excluding hydrogens is 448 g/mol. The van der Waals surface area contributed by atoms with E-state index in [0.29, 0.717) is 12.1 Å². The van der Waals surface area contributed by atoms with Crippen LogP contribution in [0.25, 0.3) is 17.6 Å². The van der Waals surface area contributed by atoms with Crippen molar-refractivity contribution in [1.29, 1.82) is 0 Å². The molecule has 8 nitrogen and oxygen atoms in total. The molecule has 3 amide bonds. The number of urea groups is 1. The number of carbonyl (C=O) groups excluding carboxylic acids is 2. The molecule has 1 atom stereocenters. The Labute approximate surface area is 176 Å². The molecular formula is C18H15F6N5O3. The Morgan fingerprint density at radius 3 is 2.12 bits per heavy atom. The molecule has 1 fully saturated rings. The van der Waals surface area contributed by atoms with Gasteiger partial charge in [0.15, 0.2) is 5.82 Å². The number of likely N-dealkylation sites (N-methyl/N-ethyl adjacent to an activating group) is 1. The fourth-order valence-corrected chi connectivity index (χ4v) is 2.90. The molecule has 172 valence electrons. The predicted octanol–water partition coefficient (Wildman–Crippen LogP) is 3.06. The number of aliphatic hydroxyl groups is 1. The van der Waals surface area contributed by atoms with Gasteiger partial charge in [0.05, 0.1) is 30.0 Å². The molecule has 2 aromatic rings. The zero-order valence-electron chi connectivity index (χ0n) is 16.4. The van der Waals surface area contributed by atoms with Crippen molar-refractivity contribution in [2.45, 2.75) is 25.4 Å². The van der Waals surface area contributed by atoms with E-state index >= 15 is 0 Å². The normalized spacial score (nSPS) is 17.6. The third kappa shape index (κ3) is 4.59. The van der Waals surface area contributed by atoms with Crippen LogP contribution in [0, 0.1) is 0 Å². The lowest BCUT2D eigenvalue weighted by Gasteiger charge is -2.14. The molecule has 1 aromatic carbocycles. The van der Waals surface area contributed by atoms with Gasteiger partial charge in [-0.15, -0.1) is 5.10 Å². The van der Waals surface area contributed by atoms with Crippen molar-refractivity contribution >= 4 is 18.1 Å². The lowest BCUT2D eigenvalue weighted by atomic mass is 10.0. The second-order valence-electron chi connectivity index (χ2n) is 6.96. The smallest absolute Gasteiger partial charge is 0.392 e. The lowest BCUT2D eigenvalue weighted by Crippen LogP contribution is -2.36. The summed E-state index contributed by atoms with van der Waals surface area (Å²) in [6.07, 6.45) is -9.06. The maximum absolute atomic E-state index is 13.1. The van der Waals surface area contributed by atoms with Gasteiger partial charge in [-0.3, -0.25) is 14.6 Å². The van der Waals surface area contributed by atoms with Crippen LogP contribution in [0.1, 0.15) is 18.1 Å². The van der Waals surface area contributed by atoms with Gasteiger partial charge in [0, 0.05) is 12.6 Å². The maximum atomic E-state index is 13.1. The fourth-order valence-electron chi connectivity index (χ4n) is 2.90. The number of nitrogens with zero attached hydrogens (tertiary/aromatic N) is 5. The van der Waals surface area contributed by atoms with Crippen molar-refractivity contribution in [3.63, 3.8) is 0 Å². The first-order valence-electron chi connectivity index (χ1n) is 8.89. The quantitative estimate of drug-likeness (QED) is 0.428. The van der Waals surface area contributed by atoms with Gasteiger partial charge in [-0.2, -0.15) is 26.3 Å². The number of aromatic nitrogens is 3. The summed E-state index contributed by atoms with van der Waals surface area (Å²) in [5, 5.41) is 13.2. The van der Waals surface area contributed by atoms with Gasteiger partial charge >= 0.3 is 18.4 Å². The summed E-state index contributed by atoms with van der Waals surface area (Å²) in [6.45, 7) is 1.10. The number of aliphatic hydroxyl groups excluding tert-OH is 1. The lowest BCUT2D eigenvalue weighted by molar-refractivity contribution is -0.143. The average molecular weight is 463 g/mol. The molecule has 0 bridgehead atoms. The van der Waals surface area contributed by atoms with Gasteiger partial charge in [0.2, 0.25) is 0 Å². The number of halogens is 6. The molecule has 1 saturated heterocycles. The van der Waals surface area contributed by atoms with Crippen LogP contribution >= 0.6 is 0 Å². The first-order valence-corrected chi connectivity index (χ1v) is 8.89. The summed E-state index contributed by atoms with van der Waals surface area (Å²) in [5.41, 5.74) is -3.78. The van der Waals surface area contributed by atoms with Gasteiger partial charge in [-0.1, -0.05) is 0 Å². The van der Waals surface area contributed by atoms with Crippen molar-refractivity contribution in [2.75, 3.05) is 13.6 Å². The Morgan fingerprint density at radius 2 is 1.62 bits per heavy atom. The van der Waals surface area contributed by atoms with E-state index in [1.54, 1.807) is 0 Å². The van der Waals surface area contributed by atoms with Crippen LogP contribution in [0.4, 0.5) is 31.1 Å². The third-order valence-corrected chi connectivity index (χ3v) is 4.40. The third-order valence-electron chi connectivity index (χ3n) is 4.40. The minimum Gasteiger partial charge on any atom is -0.392 e. The van der Waals surface area contributed by atoms with Gasteiger partial charge in [0.1, 0.15) is 12.0 Å². The zero-order chi connectivity index (χ0) is 24.0. The first-order chi connectivity index (χ1) is 14.7. The van der Waals surface area contributed by atoms with Gasteiger partial charge in [-0.05, 0) is 25.1 Å². The van der Waals surface area contributed by atoms with E-state index < -0.39 is 52.9 Å². The van der Waals surface area contributed by atoms with Crippen molar-refractivity contribution < 1.29 is 41.0 Å². The fraction of sp³-hybridized carbons (Fsp3) is 0.333. The van der Waals surface area contributed by atoms with E-state index in [1.165, 1.54) is 14.0 Å². The molecule has 2 heterocycles. The molecule has 0 spiro atoms. The van der Waals surface area contributed by atoms with Gasteiger partial charge < -0.3 is 5.11 Å². The van der Waals surface area contributed by atoms with E-state index in [4.69, 9.17) is 0 Å². The molecule has 14 heteroatoms. The highest BCUT2D eigenvalue weighted by atomic mass is 19.4. The molecule has 1 aliphatic rings. The van der Waals surface area contributed by atoms with Crippen LogP contribution in [0.3, 0.4) is 0 Å². The molecule has 1 aromatic heterocycles. The summed E-state index contributed by atoms with van der Waals surface area (Å²) in [6, 6.07) is 0.206. The molecule has 0 radical (unpaired) electrons. The molecule has 1 N–H and O–H groups in total.